The van der Waals surface area contributed by atoms with E-state index in [1.165, 1.54) is 31.3 Å². The maximum atomic E-state index is 5.24. The fourth-order valence-electron chi connectivity index (χ4n) is 5.54. The molecule has 3 aromatic heterocycles. The van der Waals surface area contributed by atoms with Crippen LogP contribution in [0.15, 0.2) is 133 Å². The zero-order chi connectivity index (χ0) is 25.8. The first-order valence-electron chi connectivity index (χ1n) is 13.1. The predicted molar refractivity (Wildman–Crippen MR) is 166 cm³/mol. The second kappa shape index (κ2) is 8.87. The monoisotopic (exact) mass is 514 g/mol. The van der Waals surface area contributed by atoms with Crippen molar-refractivity contribution in [2.24, 2.45) is 0 Å². The molecule has 0 saturated carbocycles. The van der Waals surface area contributed by atoms with Crippen LogP contribution in [0.5, 0.6) is 0 Å². The molecule has 3 heteroatoms. The van der Waals surface area contributed by atoms with Gasteiger partial charge in [-0.3, -0.25) is 0 Å². The van der Waals surface area contributed by atoms with E-state index in [2.05, 4.69) is 115 Å². The van der Waals surface area contributed by atoms with Crippen molar-refractivity contribution in [2.45, 2.75) is 0 Å². The molecule has 0 fully saturated rings. The third-order valence-electron chi connectivity index (χ3n) is 7.48. The van der Waals surface area contributed by atoms with Gasteiger partial charge in [-0.05, 0) is 41.5 Å². The van der Waals surface area contributed by atoms with Gasteiger partial charge in [0, 0.05) is 42.1 Å². The van der Waals surface area contributed by atoms with Gasteiger partial charge in [0.15, 0.2) is 0 Å². The lowest BCUT2D eigenvalue weighted by Gasteiger charge is -2.12. The molecular formula is C36H22N2S. The largest absolute Gasteiger partial charge is 0.245 e. The van der Waals surface area contributed by atoms with E-state index in [1.54, 1.807) is 0 Å². The van der Waals surface area contributed by atoms with Gasteiger partial charge in [-0.1, -0.05) is 103 Å². The Morgan fingerprint density at radius 2 is 1.03 bits per heavy atom. The Hall–Kier alpha value is -4.86. The lowest BCUT2D eigenvalue weighted by molar-refractivity contribution is 1.36. The smallest absolute Gasteiger partial charge is 0.0972 e. The van der Waals surface area contributed by atoms with E-state index in [0.717, 1.165) is 44.3 Å². The van der Waals surface area contributed by atoms with Crippen molar-refractivity contribution < 1.29 is 0 Å². The van der Waals surface area contributed by atoms with Crippen molar-refractivity contribution in [2.75, 3.05) is 0 Å². The molecule has 8 rings (SSSR count). The minimum atomic E-state index is 0.928. The second-order valence-corrected chi connectivity index (χ2v) is 10.9. The number of hydrogen-bond acceptors (Lipinski definition) is 3. The lowest BCUT2D eigenvalue weighted by Crippen LogP contribution is -1.92. The molecule has 0 radical (unpaired) electrons. The maximum absolute atomic E-state index is 5.24. The molecule has 8 aromatic rings. The average Bonchev–Trinajstić information content (AvgIpc) is 3.39. The van der Waals surface area contributed by atoms with E-state index >= 15 is 0 Å². The van der Waals surface area contributed by atoms with Gasteiger partial charge in [0.1, 0.15) is 0 Å². The Balaban J connectivity index is 1.31. The lowest BCUT2D eigenvalue weighted by atomic mass is 9.95. The summed E-state index contributed by atoms with van der Waals surface area (Å²) in [7, 11) is 0. The highest BCUT2D eigenvalue weighted by molar-refractivity contribution is 7.25. The normalized spacial score (nSPS) is 11.6. The molecule has 0 spiro atoms. The molecule has 5 aromatic carbocycles. The van der Waals surface area contributed by atoms with Crippen molar-refractivity contribution in [1.29, 1.82) is 0 Å². The van der Waals surface area contributed by atoms with Crippen LogP contribution in [0.1, 0.15) is 0 Å². The van der Waals surface area contributed by atoms with Crippen molar-refractivity contribution in [1.82, 2.24) is 9.97 Å². The summed E-state index contributed by atoms with van der Waals surface area (Å²) in [4.78, 5) is 10.3. The van der Waals surface area contributed by atoms with E-state index in [9.17, 15) is 0 Å². The van der Waals surface area contributed by atoms with Crippen molar-refractivity contribution >= 4 is 53.3 Å². The van der Waals surface area contributed by atoms with E-state index in [0.29, 0.717) is 0 Å². The van der Waals surface area contributed by atoms with Crippen LogP contribution in [0, 0.1) is 0 Å². The highest BCUT2D eigenvalue weighted by Crippen LogP contribution is 2.39. The molecule has 182 valence electrons. The number of aromatic nitrogens is 2. The predicted octanol–water partition coefficient (Wildman–Crippen LogP) is 10.2. The maximum Gasteiger partial charge on any atom is 0.0972 e. The molecule has 0 aliphatic rings. The molecule has 2 nitrogen and oxygen atoms in total. The number of pyridine rings is 2. The first-order valence-corrected chi connectivity index (χ1v) is 13.9. The molecule has 0 bridgehead atoms. The number of nitrogens with zero attached hydrogens (tertiary/aromatic N) is 2. The molecular weight excluding hydrogens is 492 g/mol. The van der Waals surface area contributed by atoms with Gasteiger partial charge in [0.05, 0.1) is 22.4 Å². The third kappa shape index (κ3) is 3.70. The van der Waals surface area contributed by atoms with Crippen LogP contribution in [0.4, 0.5) is 0 Å². The minimum Gasteiger partial charge on any atom is -0.245 e. The molecule has 39 heavy (non-hydrogen) atoms. The summed E-state index contributed by atoms with van der Waals surface area (Å²) in [6, 6.07) is 47.2. The van der Waals surface area contributed by atoms with Crippen LogP contribution in [0.2, 0.25) is 0 Å². The van der Waals surface area contributed by atoms with Crippen molar-refractivity contribution in [3.05, 3.63) is 133 Å². The molecule has 0 atom stereocenters. The van der Waals surface area contributed by atoms with Gasteiger partial charge in [0.25, 0.3) is 0 Å². The number of hydrogen-bond donors (Lipinski definition) is 0. The van der Waals surface area contributed by atoms with Crippen LogP contribution in [-0.4, -0.2) is 9.97 Å². The summed E-state index contributed by atoms with van der Waals surface area (Å²) < 4.78 is 2.64. The molecule has 0 amide bonds. The Kier molecular flexibility index (Phi) is 5.04. The zero-order valence-corrected chi connectivity index (χ0v) is 21.8. The van der Waals surface area contributed by atoms with Gasteiger partial charge in [-0.15, -0.1) is 11.3 Å². The van der Waals surface area contributed by atoms with E-state index in [1.807, 2.05) is 29.5 Å². The quantitative estimate of drug-likeness (QED) is 0.219. The second-order valence-electron chi connectivity index (χ2n) is 9.82. The third-order valence-corrected chi connectivity index (χ3v) is 8.63. The Labute approximate surface area is 229 Å². The van der Waals surface area contributed by atoms with Crippen LogP contribution in [0.3, 0.4) is 0 Å². The minimum absolute atomic E-state index is 0.928. The molecule has 3 heterocycles. The van der Waals surface area contributed by atoms with Crippen molar-refractivity contribution in [3.8, 4) is 33.6 Å². The Morgan fingerprint density at radius 3 is 1.85 bits per heavy atom. The average molecular weight is 515 g/mol. The number of thiophene rings is 1. The van der Waals surface area contributed by atoms with E-state index in [4.69, 9.17) is 9.97 Å². The van der Waals surface area contributed by atoms with Gasteiger partial charge < -0.3 is 0 Å². The summed E-state index contributed by atoms with van der Waals surface area (Å²) in [6.45, 7) is 0. The highest BCUT2D eigenvalue weighted by Gasteiger charge is 2.13. The highest BCUT2D eigenvalue weighted by atomic mass is 32.1. The van der Waals surface area contributed by atoms with Gasteiger partial charge >= 0.3 is 0 Å². The van der Waals surface area contributed by atoms with E-state index < -0.39 is 0 Å². The van der Waals surface area contributed by atoms with Crippen LogP contribution < -0.4 is 0 Å². The fourth-order valence-corrected chi connectivity index (χ4v) is 6.63. The summed E-state index contributed by atoms with van der Waals surface area (Å²) in [5, 5.41) is 4.80. The molecule has 0 saturated heterocycles. The van der Waals surface area contributed by atoms with Crippen LogP contribution in [0.25, 0.3) is 75.6 Å². The first kappa shape index (κ1) is 22.2. The standard InChI is InChI=1S/C36H22N2S/c1-2-8-23(9-3-1)31-19-16-24-14-15-25-17-20-32(38-36(25)35(24)37-31)28-11-5-4-10-27(28)26-18-21-34-30(22-26)29-12-6-7-13-33(29)39-34/h1-22H. The van der Waals surface area contributed by atoms with Crippen molar-refractivity contribution in [3.63, 3.8) is 0 Å². The molecule has 0 aliphatic carbocycles. The summed E-state index contributed by atoms with van der Waals surface area (Å²) in [5.41, 5.74) is 8.37. The number of fused-ring (bicyclic) bond motifs is 6. The van der Waals surface area contributed by atoms with Crippen LogP contribution >= 0.6 is 11.3 Å². The molecule has 0 N–H and O–H groups in total. The fraction of sp³-hybridized carbons (Fsp3) is 0. The van der Waals surface area contributed by atoms with Gasteiger partial charge in [0.2, 0.25) is 0 Å². The number of rotatable bonds is 3. The summed E-state index contributed by atoms with van der Waals surface area (Å²) >= 11 is 1.85. The zero-order valence-electron chi connectivity index (χ0n) is 21.0. The molecule has 0 unspecified atom stereocenters. The Bertz CT molecular complexity index is 2180. The number of benzene rings is 5. The topological polar surface area (TPSA) is 25.8 Å². The SMILES string of the molecule is c1ccc(-c2ccc3ccc4ccc(-c5ccccc5-c5ccc6sc7ccccc7c6c5)nc4c3n2)cc1. The van der Waals surface area contributed by atoms with E-state index in [-0.39, 0.29) is 0 Å². The Morgan fingerprint density at radius 1 is 0.410 bits per heavy atom. The van der Waals surface area contributed by atoms with Gasteiger partial charge in [-0.2, -0.15) is 0 Å². The summed E-state index contributed by atoms with van der Waals surface area (Å²) in [6.07, 6.45) is 0. The summed E-state index contributed by atoms with van der Waals surface area (Å²) in [5.74, 6) is 0. The van der Waals surface area contributed by atoms with Gasteiger partial charge in [-0.25, -0.2) is 9.97 Å². The first-order chi connectivity index (χ1) is 19.3. The van der Waals surface area contributed by atoms with Crippen LogP contribution in [-0.2, 0) is 0 Å². The molecule has 0 aliphatic heterocycles.